The van der Waals surface area contributed by atoms with Crippen molar-refractivity contribution in [2.24, 2.45) is 0 Å². The van der Waals surface area contributed by atoms with Gasteiger partial charge in [-0.05, 0) is 39.4 Å². The quantitative estimate of drug-likeness (QED) is 0.885. The third-order valence-corrected chi connectivity index (χ3v) is 4.39. The van der Waals surface area contributed by atoms with Crippen LogP contribution in [0.4, 0.5) is 10.1 Å². The van der Waals surface area contributed by atoms with Crippen LogP contribution in [0.25, 0.3) is 0 Å². The summed E-state index contributed by atoms with van der Waals surface area (Å²) >= 11 is 0. The Morgan fingerprint density at radius 3 is 2.42 bits per heavy atom. The molecule has 0 bridgehead atoms. The molecule has 4 heteroatoms. The second kappa shape index (κ2) is 5.47. The molecule has 1 aromatic rings. The summed E-state index contributed by atoms with van der Waals surface area (Å²) in [6, 6.07) is 4.87. The lowest BCUT2D eigenvalue weighted by atomic mass is 9.75. The van der Waals surface area contributed by atoms with Crippen LogP contribution in [0.5, 0.6) is 0 Å². The van der Waals surface area contributed by atoms with Crippen LogP contribution in [-0.2, 0) is 6.61 Å². The summed E-state index contributed by atoms with van der Waals surface area (Å²) in [6.45, 7) is 0.653. The first kappa shape index (κ1) is 14.3. The lowest BCUT2D eigenvalue weighted by Crippen LogP contribution is -2.57. The smallest absolute Gasteiger partial charge is 0.146 e. The maximum Gasteiger partial charge on any atom is 0.146 e. The Balaban J connectivity index is 2.22. The molecule has 106 valence electrons. The lowest BCUT2D eigenvalue weighted by Gasteiger charge is -2.49. The summed E-state index contributed by atoms with van der Waals surface area (Å²) in [5, 5.41) is 9.37. The molecule has 2 rings (SSSR count). The molecule has 1 aliphatic carbocycles. The molecular formula is C15H23FN2O. The molecular weight excluding hydrogens is 243 g/mol. The topological polar surface area (TPSA) is 26.7 Å². The Morgan fingerprint density at radius 1 is 1.26 bits per heavy atom. The van der Waals surface area contributed by atoms with E-state index >= 15 is 0 Å². The van der Waals surface area contributed by atoms with Gasteiger partial charge in [0.2, 0.25) is 0 Å². The van der Waals surface area contributed by atoms with Gasteiger partial charge in [0.1, 0.15) is 5.82 Å². The number of rotatable bonds is 5. The van der Waals surface area contributed by atoms with Crippen LogP contribution in [0.3, 0.4) is 0 Å². The fourth-order valence-electron chi connectivity index (χ4n) is 2.97. The van der Waals surface area contributed by atoms with Gasteiger partial charge in [0, 0.05) is 24.7 Å². The maximum absolute atomic E-state index is 14.0. The van der Waals surface area contributed by atoms with Crippen molar-refractivity contribution in [1.29, 1.82) is 0 Å². The summed E-state index contributed by atoms with van der Waals surface area (Å²) in [5.41, 5.74) is 1.32. The van der Waals surface area contributed by atoms with Crippen LogP contribution < -0.4 is 4.90 Å². The summed E-state index contributed by atoms with van der Waals surface area (Å²) in [4.78, 5) is 4.19. The van der Waals surface area contributed by atoms with Gasteiger partial charge in [-0.2, -0.15) is 0 Å². The molecule has 0 atom stereocenters. The van der Waals surface area contributed by atoms with E-state index in [2.05, 4.69) is 19.0 Å². The second-order valence-electron chi connectivity index (χ2n) is 5.73. The van der Waals surface area contributed by atoms with Crippen molar-refractivity contribution in [3.05, 3.63) is 29.6 Å². The van der Waals surface area contributed by atoms with Gasteiger partial charge in [0.05, 0.1) is 12.3 Å². The molecule has 1 aromatic carbocycles. The van der Waals surface area contributed by atoms with E-state index in [1.165, 1.54) is 12.5 Å². The zero-order valence-corrected chi connectivity index (χ0v) is 12.0. The highest BCUT2D eigenvalue weighted by atomic mass is 19.1. The molecule has 0 aromatic heterocycles. The number of halogens is 1. The molecule has 0 aliphatic heterocycles. The van der Waals surface area contributed by atoms with Gasteiger partial charge in [-0.25, -0.2) is 4.39 Å². The van der Waals surface area contributed by atoms with Gasteiger partial charge in [0.25, 0.3) is 0 Å². The van der Waals surface area contributed by atoms with Crippen molar-refractivity contribution < 1.29 is 9.50 Å². The van der Waals surface area contributed by atoms with Gasteiger partial charge in [0.15, 0.2) is 0 Å². The number of nitrogens with zero attached hydrogens (tertiary/aromatic N) is 2. The van der Waals surface area contributed by atoms with Gasteiger partial charge in [-0.15, -0.1) is 0 Å². The minimum absolute atomic E-state index is 0.133. The molecule has 1 fully saturated rings. The van der Waals surface area contributed by atoms with E-state index in [-0.39, 0.29) is 18.0 Å². The molecule has 3 nitrogen and oxygen atoms in total. The van der Waals surface area contributed by atoms with Crippen molar-refractivity contribution in [1.82, 2.24) is 4.90 Å². The predicted molar refractivity (Wildman–Crippen MR) is 75.9 cm³/mol. The first-order valence-corrected chi connectivity index (χ1v) is 6.77. The van der Waals surface area contributed by atoms with E-state index < -0.39 is 0 Å². The zero-order chi connectivity index (χ0) is 14.0. The number of hydrogen-bond acceptors (Lipinski definition) is 3. The molecule has 0 radical (unpaired) electrons. The molecule has 19 heavy (non-hydrogen) atoms. The predicted octanol–water partition coefficient (Wildman–Crippen LogP) is 2.24. The van der Waals surface area contributed by atoms with Crippen LogP contribution >= 0.6 is 0 Å². The second-order valence-corrected chi connectivity index (χ2v) is 5.73. The highest BCUT2D eigenvalue weighted by Gasteiger charge is 2.40. The van der Waals surface area contributed by atoms with Crippen molar-refractivity contribution in [2.45, 2.75) is 31.4 Å². The number of benzene rings is 1. The third kappa shape index (κ3) is 2.60. The molecule has 1 N–H and O–H groups in total. The fraction of sp³-hybridized carbons (Fsp3) is 0.600. The zero-order valence-electron chi connectivity index (χ0n) is 12.0. The van der Waals surface area contributed by atoms with Crippen LogP contribution in [0.2, 0.25) is 0 Å². The first-order valence-electron chi connectivity index (χ1n) is 6.77. The first-order chi connectivity index (χ1) is 9.00. The molecule has 0 heterocycles. The normalized spacial score (nSPS) is 17.4. The van der Waals surface area contributed by atoms with Crippen LogP contribution in [-0.4, -0.2) is 43.2 Å². The Hall–Kier alpha value is -1.13. The van der Waals surface area contributed by atoms with E-state index in [1.54, 1.807) is 12.1 Å². The summed E-state index contributed by atoms with van der Waals surface area (Å²) in [5.74, 6) is -0.262. The van der Waals surface area contributed by atoms with Crippen molar-refractivity contribution in [3.8, 4) is 0 Å². The minimum Gasteiger partial charge on any atom is -0.392 e. The van der Waals surface area contributed by atoms with Gasteiger partial charge < -0.3 is 14.9 Å². The highest BCUT2D eigenvalue weighted by molar-refractivity contribution is 5.54. The Bertz CT molecular complexity index is 444. The van der Waals surface area contributed by atoms with Gasteiger partial charge in [-0.1, -0.05) is 12.1 Å². The van der Waals surface area contributed by atoms with E-state index in [1.807, 2.05) is 11.9 Å². The van der Waals surface area contributed by atoms with Gasteiger partial charge in [-0.3, -0.25) is 0 Å². The number of para-hydroxylation sites is 1. The molecule has 0 amide bonds. The molecule has 1 saturated carbocycles. The summed E-state index contributed by atoms with van der Waals surface area (Å²) in [7, 11) is 6.07. The SMILES string of the molecule is CN(CC1(N(C)C)CCC1)c1c(F)cccc1CO. The van der Waals surface area contributed by atoms with Crippen LogP contribution in [0.1, 0.15) is 24.8 Å². The van der Waals surface area contributed by atoms with Crippen molar-refractivity contribution in [3.63, 3.8) is 0 Å². The Kier molecular flexibility index (Phi) is 4.11. The monoisotopic (exact) mass is 266 g/mol. The molecule has 1 aliphatic rings. The van der Waals surface area contributed by atoms with Crippen LogP contribution in [0, 0.1) is 5.82 Å². The number of likely N-dealkylation sites (N-methyl/N-ethyl adjacent to an activating group) is 2. The average molecular weight is 266 g/mol. The Morgan fingerprint density at radius 2 is 1.95 bits per heavy atom. The third-order valence-electron chi connectivity index (χ3n) is 4.39. The number of anilines is 1. The number of hydrogen-bond donors (Lipinski definition) is 1. The van der Waals surface area contributed by atoms with E-state index in [9.17, 15) is 9.50 Å². The summed E-state index contributed by atoms with van der Waals surface area (Å²) < 4.78 is 14.0. The van der Waals surface area contributed by atoms with Crippen molar-refractivity contribution >= 4 is 5.69 Å². The summed E-state index contributed by atoms with van der Waals surface area (Å²) in [6.07, 6.45) is 3.52. The average Bonchev–Trinajstić information content (AvgIpc) is 2.32. The van der Waals surface area contributed by atoms with Crippen molar-refractivity contribution in [2.75, 3.05) is 32.6 Å². The molecule has 0 unspecified atom stereocenters. The largest absolute Gasteiger partial charge is 0.392 e. The van der Waals surface area contributed by atoms with E-state index in [4.69, 9.17) is 0 Å². The number of aliphatic hydroxyl groups is 1. The molecule has 0 spiro atoms. The van der Waals surface area contributed by atoms with E-state index in [0.29, 0.717) is 11.3 Å². The molecule has 0 saturated heterocycles. The highest BCUT2D eigenvalue weighted by Crippen LogP contribution is 2.38. The Labute approximate surface area is 114 Å². The van der Waals surface area contributed by atoms with Crippen LogP contribution in [0.15, 0.2) is 18.2 Å². The standard InChI is InChI=1S/C15H23FN2O/c1-17(2)15(8-5-9-15)11-18(3)14-12(10-19)6-4-7-13(14)16/h4,6-7,19H,5,8-11H2,1-3H3. The van der Waals surface area contributed by atoms with Gasteiger partial charge >= 0.3 is 0 Å². The number of aliphatic hydroxyl groups excluding tert-OH is 1. The van der Waals surface area contributed by atoms with E-state index in [0.717, 1.165) is 19.4 Å². The maximum atomic E-state index is 14.0. The fourth-order valence-corrected chi connectivity index (χ4v) is 2.97. The lowest BCUT2D eigenvalue weighted by molar-refractivity contribution is 0.0681. The minimum atomic E-state index is -0.262.